The fourth-order valence-electron chi connectivity index (χ4n) is 2.46. The minimum Gasteiger partial charge on any atom is -0.348 e. The molecule has 1 aliphatic heterocycles. The number of amides is 1. The Morgan fingerprint density at radius 2 is 2.20 bits per heavy atom. The van der Waals surface area contributed by atoms with Gasteiger partial charge in [-0.15, -0.1) is 0 Å². The molecule has 0 radical (unpaired) electrons. The van der Waals surface area contributed by atoms with Crippen molar-refractivity contribution in [3.05, 3.63) is 28.8 Å². The van der Waals surface area contributed by atoms with Crippen LogP contribution in [0, 0.1) is 5.82 Å². The normalized spacial score (nSPS) is 17.8. The van der Waals surface area contributed by atoms with Crippen molar-refractivity contribution in [3.63, 3.8) is 0 Å². The van der Waals surface area contributed by atoms with E-state index in [0.29, 0.717) is 0 Å². The number of hydrogen-bond donors (Lipinski definition) is 1. The molecular weight excluding hydrogens is 281 g/mol. The molecule has 1 unspecified atom stereocenters. The van der Waals surface area contributed by atoms with Crippen molar-refractivity contribution in [2.75, 3.05) is 19.6 Å². The zero-order valence-corrected chi connectivity index (χ0v) is 12.3. The minimum atomic E-state index is -0.566. The van der Waals surface area contributed by atoms with Crippen LogP contribution in [0.3, 0.4) is 0 Å². The van der Waals surface area contributed by atoms with Crippen molar-refractivity contribution in [3.8, 4) is 0 Å². The van der Waals surface area contributed by atoms with E-state index in [1.54, 1.807) is 0 Å². The highest BCUT2D eigenvalue weighted by atomic mass is 35.5. The summed E-state index contributed by atoms with van der Waals surface area (Å²) in [7, 11) is 0. The number of carbonyl (C=O) groups excluding carboxylic acids is 1. The number of likely N-dealkylation sites (tertiary alicyclic amines) is 1. The van der Waals surface area contributed by atoms with Gasteiger partial charge in [0.25, 0.3) is 5.91 Å². The van der Waals surface area contributed by atoms with Gasteiger partial charge >= 0.3 is 0 Å². The molecule has 0 aliphatic carbocycles. The molecule has 4 nitrogen and oxygen atoms in total. The van der Waals surface area contributed by atoms with E-state index in [2.05, 4.69) is 15.2 Å². The number of nitrogens with one attached hydrogen (secondary N) is 1. The lowest BCUT2D eigenvalue weighted by molar-refractivity contribution is 0.0925. The molecule has 20 heavy (non-hydrogen) atoms. The first kappa shape index (κ1) is 15.2. The highest BCUT2D eigenvalue weighted by Crippen LogP contribution is 2.14. The van der Waals surface area contributed by atoms with E-state index in [0.717, 1.165) is 31.9 Å². The van der Waals surface area contributed by atoms with Crippen LogP contribution >= 0.6 is 11.6 Å². The molecule has 2 heterocycles. The maximum absolute atomic E-state index is 13.1. The third-order valence-electron chi connectivity index (χ3n) is 3.41. The molecule has 1 saturated heterocycles. The molecule has 1 atom stereocenters. The van der Waals surface area contributed by atoms with E-state index in [4.69, 9.17) is 11.6 Å². The van der Waals surface area contributed by atoms with Crippen molar-refractivity contribution < 1.29 is 9.18 Å². The number of nitrogens with zero attached hydrogens (tertiary/aromatic N) is 2. The summed E-state index contributed by atoms with van der Waals surface area (Å²) in [4.78, 5) is 18.0. The lowest BCUT2D eigenvalue weighted by atomic mass is 10.1. The maximum Gasteiger partial charge on any atom is 0.254 e. The van der Waals surface area contributed by atoms with Crippen molar-refractivity contribution in [1.29, 1.82) is 0 Å². The van der Waals surface area contributed by atoms with Gasteiger partial charge in [-0.1, -0.05) is 18.0 Å². The Balaban J connectivity index is 1.91. The lowest BCUT2D eigenvalue weighted by Gasteiger charge is -2.29. The van der Waals surface area contributed by atoms with Crippen molar-refractivity contribution >= 4 is 17.5 Å². The van der Waals surface area contributed by atoms with Crippen molar-refractivity contribution in [1.82, 2.24) is 15.2 Å². The molecule has 110 valence electrons. The Kier molecular flexibility index (Phi) is 5.31. The summed E-state index contributed by atoms with van der Waals surface area (Å²) in [5, 5.41) is 2.86. The third-order valence-corrected chi connectivity index (χ3v) is 3.71. The molecule has 2 rings (SSSR count). The van der Waals surface area contributed by atoms with Gasteiger partial charge in [-0.05, 0) is 38.9 Å². The van der Waals surface area contributed by atoms with E-state index in [1.165, 1.54) is 19.3 Å². The van der Waals surface area contributed by atoms with Crippen LogP contribution < -0.4 is 5.32 Å². The van der Waals surface area contributed by atoms with Crippen molar-refractivity contribution in [2.45, 2.75) is 32.2 Å². The number of piperidine rings is 1. The topological polar surface area (TPSA) is 45.2 Å². The average molecular weight is 300 g/mol. The van der Waals surface area contributed by atoms with Crippen LogP contribution in [0.25, 0.3) is 0 Å². The van der Waals surface area contributed by atoms with Gasteiger partial charge < -0.3 is 10.2 Å². The lowest BCUT2D eigenvalue weighted by Crippen LogP contribution is -2.43. The molecule has 6 heteroatoms. The predicted octanol–water partition coefficient (Wildman–Crippen LogP) is 2.48. The van der Waals surface area contributed by atoms with Gasteiger partial charge in [0.05, 0.1) is 11.8 Å². The van der Waals surface area contributed by atoms with Gasteiger partial charge in [0.1, 0.15) is 11.0 Å². The Morgan fingerprint density at radius 3 is 2.90 bits per heavy atom. The van der Waals surface area contributed by atoms with Gasteiger partial charge in [-0.3, -0.25) is 4.79 Å². The number of rotatable bonds is 4. The Hall–Kier alpha value is -1.20. The molecule has 1 N–H and O–H groups in total. The number of carbonyl (C=O) groups is 1. The quantitative estimate of drug-likeness (QED) is 0.869. The first-order chi connectivity index (χ1) is 9.56. The molecule has 0 bridgehead atoms. The van der Waals surface area contributed by atoms with Gasteiger partial charge in [0.15, 0.2) is 0 Å². The number of halogens is 2. The predicted molar refractivity (Wildman–Crippen MR) is 76.4 cm³/mol. The first-order valence-corrected chi connectivity index (χ1v) is 7.28. The number of hydrogen-bond acceptors (Lipinski definition) is 3. The maximum atomic E-state index is 13.1. The zero-order chi connectivity index (χ0) is 14.5. The monoisotopic (exact) mass is 299 g/mol. The molecule has 0 saturated carbocycles. The van der Waals surface area contributed by atoms with Crippen LogP contribution in [-0.4, -0.2) is 41.5 Å². The molecule has 1 fully saturated rings. The minimum absolute atomic E-state index is 0.0139. The Labute approximate surface area is 123 Å². The summed E-state index contributed by atoms with van der Waals surface area (Å²) in [6.45, 7) is 4.88. The van der Waals surface area contributed by atoms with E-state index >= 15 is 0 Å². The summed E-state index contributed by atoms with van der Waals surface area (Å²) < 4.78 is 13.1. The van der Waals surface area contributed by atoms with Crippen LogP contribution in [0.4, 0.5) is 4.39 Å². The van der Waals surface area contributed by atoms with Crippen LogP contribution in [-0.2, 0) is 0 Å². The van der Waals surface area contributed by atoms with Crippen LogP contribution in [0.15, 0.2) is 12.3 Å². The van der Waals surface area contributed by atoms with E-state index in [-0.39, 0.29) is 22.7 Å². The van der Waals surface area contributed by atoms with Gasteiger partial charge in [0, 0.05) is 12.6 Å². The second kappa shape index (κ2) is 6.99. The summed E-state index contributed by atoms with van der Waals surface area (Å²) in [6.07, 6.45) is 4.69. The van der Waals surface area contributed by atoms with Crippen LogP contribution in [0.2, 0.25) is 5.15 Å². The second-order valence-corrected chi connectivity index (χ2v) is 5.59. The van der Waals surface area contributed by atoms with Crippen molar-refractivity contribution in [2.24, 2.45) is 0 Å². The molecule has 1 aromatic rings. The molecular formula is C14H19ClFN3O. The summed E-state index contributed by atoms with van der Waals surface area (Å²) >= 11 is 5.82. The summed E-state index contributed by atoms with van der Waals surface area (Å²) in [6, 6.07) is 1.10. The average Bonchev–Trinajstić information content (AvgIpc) is 2.42. The molecule has 1 amide bonds. The second-order valence-electron chi connectivity index (χ2n) is 5.23. The number of aromatic nitrogens is 1. The zero-order valence-electron chi connectivity index (χ0n) is 11.5. The van der Waals surface area contributed by atoms with E-state index in [9.17, 15) is 9.18 Å². The fourth-order valence-corrected chi connectivity index (χ4v) is 2.65. The van der Waals surface area contributed by atoms with Gasteiger partial charge in [-0.2, -0.15) is 0 Å². The van der Waals surface area contributed by atoms with E-state index in [1.807, 2.05) is 6.92 Å². The Morgan fingerprint density at radius 1 is 1.50 bits per heavy atom. The number of pyridine rings is 1. The first-order valence-electron chi connectivity index (χ1n) is 6.90. The highest BCUT2D eigenvalue weighted by Gasteiger charge is 2.18. The van der Waals surface area contributed by atoms with E-state index < -0.39 is 5.82 Å². The smallest absolute Gasteiger partial charge is 0.254 e. The summed E-state index contributed by atoms with van der Waals surface area (Å²) in [5.41, 5.74) is 0.0807. The van der Waals surface area contributed by atoms with Gasteiger partial charge in [0.2, 0.25) is 0 Å². The molecule has 0 aromatic carbocycles. The van der Waals surface area contributed by atoms with Crippen LogP contribution in [0.1, 0.15) is 36.5 Å². The molecule has 0 spiro atoms. The fraction of sp³-hybridized carbons (Fsp3) is 0.571. The standard InChI is InChI=1S/C14H19ClFN3O/c1-10(9-19-5-3-2-4-6-19)18-14(20)12-7-11(16)8-17-13(12)15/h7-8,10H,2-6,9H2,1H3,(H,18,20). The largest absolute Gasteiger partial charge is 0.348 e. The molecule has 1 aliphatic rings. The third kappa shape index (κ3) is 4.15. The summed E-state index contributed by atoms with van der Waals surface area (Å²) in [5.74, 6) is -0.949. The van der Waals surface area contributed by atoms with Gasteiger partial charge in [-0.25, -0.2) is 9.37 Å². The van der Waals surface area contributed by atoms with Crippen LogP contribution in [0.5, 0.6) is 0 Å². The highest BCUT2D eigenvalue weighted by molar-refractivity contribution is 6.32. The Bertz CT molecular complexity index is 477. The SMILES string of the molecule is CC(CN1CCCCC1)NC(=O)c1cc(F)cnc1Cl. The molecule has 1 aromatic heterocycles.